The molecule has 5 heteroatoms. The highest BCUT2D eigenvalue weighted by molar-refractivity contribution is 5.78. The van der Waals surface area contributed by atoms with Gasteiger partial charge in [-0.05, 0) is 41.7 Å². The molecule has 0 spiro atoms. The molecule has 1 amide bonds. The molecule has 0 aliphatic carbocycles. The van der Waals surface area contributed by atoms with Crippen LogP contribution in [0.15, 0.2) is 48.5 Å². The number of carboxylic acids is 1. The Kier molecular flexibility index (Phi) is 7.68. The Bertz CT molecular complexity index is 725. The van der Waals surface area contributed by atoms with Crippen LogP contribution in [0.5, 0.6) is 5.75 Å². The number of aryl methyl sites for hydroxylation is 1. The van der Waals surface area contributed by atoms with E-state index in [4.69, 9.17) is 9.84 Å². The summed E-state index contributed by atoms with van der Waals surface area (Å²) in [5.74, 6) is -0.129. The molecule has 0 saturated carbocycles. The first-order valence-corrected chi connectivity index (χ1v) is 8.85. The zero-order valence-electron chi connectivity index (χ0n) is 15.0. The highest BCUT2D eigenvalue weighted by Gasteiger charge is 2.04. The van der Waals surface area contributed by atoms with Crippen LogP contribution in [0, 0.1) is 0 Å². The van der Waals surface area contributed by atoms with Crippen LogP contribution in [0.3, 0.4) is 0 Å². The van der Waals surface area contributed by atoms with Crippen molar-refractivity contribution in [1.29, 1.82) is 0 Å². The van der Waals surface area contributed by atoms with E-state index in [1.165, 1.54) is 5.56 Å². The largest absolute Gasteiger partial charge is 0.494 e. The Morgan fingerprint density at radius 1 is 1.04 bits per heavy atom. The van der Waals surface area contributed by atoms with Crippen LogP contribution in [0.2, 0.25) is 0 Å². The zero-order chi connectivity index (χ0) is 18.8. The third-order valence-electron chi connectivity index (χ3n) is 3.98. The summed E-state index contributed by atoms with van der Waals surface area (Å²) in [6, 6.07) is 15.5. The van der Waals surface area contributed by atoms with Crippen LogP contribution in [0.25, 0.3) is 0 Å². The fraction of sp³-hybridized carbons (Fsp3) is 0.333. The summed E-state index contributed by atoms with van der Waals surface area (Å²) in [7, 11) is 0. The molecule has 0 aromatic heterocycles. The zero-order valence-corrected chi connectivity index (χ0v) is 15.0. The molecule has 0 aliphatic rings. The molecule has 0 heterocycles. The molecular weight excluding hydrogens is 330 g/mol. The van der Waals surface area contributed by atoms with Crippen molar-refractivity contribution in [2.75, 3.05) is 6.61 Å². The molecule has 0 fully saturated rings. The highest BCUT2D eigenvalue weighted by atomic mass is 16.5. The minimum absolute atomic E-state index is 0.00718. The van der Waals surface area contributed by atoms with Crippen molar-refractivity contribution < 1.29 is 19.4 Å². The van der Waals surface area contributed by atoms with Crippen LogP contribution in [0.4, 0.5) is 0 Å². The van der Waals surface area contributed by atoms with Crippen molar-refractivity contribution in [3.63, 3.8) is 0 Å². The molecule has 2 aromatic carbocycles. The van der Waals surface area contributed by atoms with Gasteiger partial charge in [0.05, 0.1) is 13.0 Å². The number of carboxylic acid groups (broad SMARTS) is 1. The lowest BCUT2D eigenvalue weighted by Crippen LogP contribution is -2.24. The maximum Gasteiger partial charge on any atom is 0.303 e. The average Bonchev–Trinajstić information content (AvgIpc) is 2.64. The quantitative estimate of drug-likeness (QED) is 0.641. The molecule has 2 N–H and O–H groups in total. The molecule has 0 bridgehead atoms. The van der Waals surface area contributed by atoms with Gasteiger partial charge in [-0.1, -0.05) is 43.3 Å². The van der Waals surface area contributed by atoms with Gasteiger partial charge in [-0.3, -0.25) is 9.59 Å². The normalized spacial score (nSPS) is 10.3. The summed E-state index contributed by atoms with van der Waals surface area (Å²) < 4.78 is 5.49. The van der Waals surface area contributed by atoms with Crippen LogP contribution in [-0.4, -0.2) is 23.6 Å². The SMILES string of the molecule is CCc1cccc(CC(=O)NCc2ccc(OCCCC(=O)O)cc2)c1. The lowest BCUT2D eigenvalue weighted by atomic mass is 10.1. The van der Waals surface area contributed by atoms with E-state index in [1.54, 1.807) is 0 Å². The Hall–Kier alpha value is -2.82. The number of hydrogen-bond donors (Lipinski definition) is 2. The Balaban J connectivity index is 1.74. The van der Waals surface area contributed by atoms with Gasteiger partial charge < -0.3 is 15.2 Å². The molecule has 0 unspecified atom stereocenters. The first-order valence-electron chi connectivity index (χ1n) is 8.85. The molecule has 5 nitrogen and oxygen atoms in total. The monoisotopic (exact) mass is 355 g/mol. The summed E-state index contributed by atoms with van der Waals surface area (Å²) in [5.41, 5.74) is 3.24. The van der Waals surface area contributed by atoms with Gasteiger partial charge in [0, 0.05) is 13.0 Å². The van der Waals surface area contributed by atoms with Crippen molar-refractivity contribution in [2.45, 2.75) is 39.2 Å². The lowest BCUT2D eigenvalue weighted by molar-refractivity contribution is -0.137. The van der Waals surface area contributed by atoms with Gasteiger partial charge in [-0.25, -0.2) is 0 Å². The van der Waals surface area contributed by atoms with Crippen LogP contribution in [-0.2, 0) is 29.0 Å². The van der Waals surface area contributed by atoms with E-state index in [9.17, 15) is 9.59 Å². The second kappa shape index (κ2) is 10.2. The predicted octanol–water partition coefficient (Wildman–Crippen LogP) is 3.35. The van der Waals surface area contributed by atoms with E-state index < -0.39 is 5.97 Å². The van der Waals surface area contributed by atoms with E-state index in [-0.39, 0.29) is 12.3 Å². The molecule has 0 aliphatic heterocycles. The number of rotatable bonds is 10. The Morgan fingerprint density at radius 2 is 1.77 bits per heavy atom. The number of amides is 1. The third-order valence-corrected chi connectivity index (χ3v) is 3.98. The van der Waals surface area contributed by atoms with Crippen molar-refractivity contribution in [3.05, 3.63) is 65.2 Å². The Morgan fingerprint density at radius 3 is 2.46 bits per heavy atom. The van der Waals surface area contributed by atoms with Gasteiger partial charge in [-0.2, -0.15) is 0 Å². The van der Waals surface area contributed by atoms with Gasteiger partial charge in [0.15, 0.2) is 0 Å². The summed E-state index contributed by atoms with van der Waals surface area (Å²) in [4.78, 5) is 22.5. The van der Waals surface area contributed by atoms with E-state index in [0.717, 1.165) is 17.5 Å². The fourth-order valence-electron chi connectivity index (χ4n) is 2.53. The summed E-state index contributed by atoms with van der Waals surface area (Å²) >= 11 is 0. The molecular formula is C21H25NO4. The molecule has 138 valence electrons. The van der Waals surface area contributed by atoms with Gasteiger partial charge in [0.2, 0.25) is 5.91 Å². The molecule has 26 heavy (non-hydrogen) atoms. The van der Waals surface area contributed by atoms with Crippen LogP contribution in [0.1, 0.15) is 36.5 Å². The first kappa shape index (κ1) is 19.5. The molecule has 0 atom stereocenters. The highest BCUT2D eigenvalue weighted by Crippen LogP contribution is 2.13. The lowest BCUT2D eigenvalue weighted by Gasteiger charge is -2.08. The number of hydrogen-bond acceptors (Lipinski definition) is 3. The molecule has 0 saturated heterocycles. The van der Waals surface area contributed by atoms with Gasteiger partial charge in [0.1, 0.15) is 5.75 Å². The van der Waals surface area contributed by atoms with Crippen molar-refractivity contribution in [2.24, 2.45) is 0 Å². The molecule has 2 aromatic rings. The number of carbonyl (C=O) groups excluding carboxylic acids is 1. The van der Waals surface area contributed by atoms with Gasteiger partial charge in [0.25, 0.3) is 0 Å². The maximum absolute atomic E-state index is 12.1. The standard InChI is InChI=1S/C21H25NO4/c1-2-16-5-3-6-18(13-16)14-20(23)22-15-17-8-10-19(11-9-17)26-12-4-7-21(24)25/h3,5-6,8-11,13H,2,4,7,12,14-15H2,1H3,(H,22,23)(H,24,25). The third kappa shape index (κ3) is 6.97. The van der Waals surface area contributed by atoms with E-state index in [0.29, 0.717) is 31.7 Å². The van der Waals surface area contributed by atoms with Gasteiger partial charge >= 0.3 is 5.97 Å². The summed E-state index contributed by atoms with van der Waals surface area (Å²) in [6.07, 6.45) is 1.91. The topological polar surface area (TPSA) is 75.6 Å². The van der Waals surface area contributed by atoms with Crippen molar-refractivity contribution in [3.8, 4) is 5.75 Å². The van der Waals surface area contributed by atoms with Crippen molar-refractivity contribution >= 4 is 11.9 Å². The fourth-order valence-corrected chi connectivity index (χ4v) is 2.53. The maximum atomic E-state index is 12.1. The minimum atomic E-state index is -0.818. The van der Waals surface area contributed by atoms with E-state index >= 15 is 0 Å². The second-order valence-corrected chi connectivity index (χ2v) is 6.12. The van der Waals surface area contributed by atoms with Gasteiger partial charge in [-0.15, -0.1) is 0 Å². The van der Waals surface area contributed by atoms with E-state index in [1.807, 2.05) is 36.4 Å². The number of carbonyl (C=O) groups is 2. The number of aliphatic carboxylic acids is 1. The summed E-state index contributed by atoms with van der Waals surface area (Å²) in [6.45, 7) is 2.93. The number of benzene rings is 2. The first-order chi connectivity index (χ1) is 12.6. The van der Waals surface area contributed by atoms with Crippen LogP contribution < -0.4 is 10.1 Å². The molecule has 0 radical (unpaired) electrons. The molecule has 2 rings (SSSR count). The van der Waals surface area contributed by atoms with E-state index in [2.05, 4.69) is 24.4 Å². The van der Waals surface area contributed by atoms with Crippen molar-refractivity contribution in [1.82, 2.24) is 5.32 Å². The minimum Gasteiger partial charge on any atom is -0.494 e. The van der Waals surface area contributed by atoms with Crippen LogP contribution >= 0.6 is 0 Å². The smallest absolute Gasteiger partial charge is 0.303 e. The Labute approximate surface area is 154 Å². The predicted molar refractivity (Wildman–Crippen MR) is 100 cm³/mol. The number of nitrogens with one attached hydrogen (secondary N) is 1. The summed E-state index contributed by atoms with van der Waals surface area (Å²) in [5, 5.41) is 11.5. The number of ether oxygens (including phenoxy) is 1. The second-order valence-electron chi connectivity index (χ2n) is 6.12. The average molecular weight is 355 g/mol.